The zero-order chi connectivity index (χ0) is 13.7. The highest BCUT2D eigenvalue weighted by Crippen LogP contribution is 2.13. The SMILES string of the molecule is CN1CCOC[C@@H](CNC(=O)c2ccncc2Cl)C1. The van der Waals surface area contributed by atoms with Crippen molar-refractivity contribution in [2.75, 3.05) is 39.9 Å². The minimum Gasteiger partial charge on any atom is -0.380 e. The largest absolute Gasteiger partial charge is 0.380 e. The zero-order valence-electron chi connectivity index (χ0n) is 10.9. The van der Waals surface area contributed by atoms with Gasteiger partial charge in [0.25, 0.3) is 5.91 Å². The van der Waals surface area contributed by atoms with Crippen molar-refractivity contribution in [2.45, 2.75) is 0 Å². The molecule has 104 valence electrons. The van der Waals surface area contributed by atoms with Crippen LogP contribution in [0.5, 0.6) is 0 Å². The van der Waals surface area contributed by atoms with Gasteiger partial charge in [0.2, 0.25) is 0 Å². The van der Waals surface area contributed by atoms with Crippen molar-refractivity contribution in [2.24, 2.45) is 5.92 Å². The fraction of sp³-hybridized carbons (Fsp3) is 0.538. The first-order valence-corrected chi connectivity index (χ1v) is 6.68. The van der Waals surface area contributed by atoms with Crippen LogP contribution in [-0.2, 0) is 4.74 Å². The number of carbonyl (C=O) groups excluding carboxylic acids is 1. The number of hydrogen-bond donors (Lipinski definition) is 1. The Kier molecular flexibility index (Phi) is 5.13. The Labute approximate surface area is 117 Å². The molecule has 1 aromatic heterocycles. The fourth-order valence-electron chi connectivity index (χ4n) is 2.07. The number of ether oxygens (including phenoxy) is 1. The highest BCUT2D eigenvalue weighted by atomic mass is 35.5. The fourth-order valence-corrected chi connectivity index (χ4v) is 2.28. The van der Waals surface area contributed by atoms with Gasteiger partial charge in [0.15, 0.2) is 0 Å². The summed E-state index contributed by atoms with van der Waals surface area (Å²) in [6.07, 6.45) is 3.03. The quantitative estimate of drug-likeness (QED) is 0.901. The van der Waals surface area contributed by atoms with Gasteiger partial charge in [-0.05, 0) is 13.1 Å². The summed E-state index contributed by atoms with van der Waals surface area (Å²) >= 11 is 5.93. The number of pyridine rings is 1. The number of aromatic nitrogens is 1. The predicted molar refractivity (Wildman–Crippen MR) is 73.4 cm³/mol. The Morgan fingerprint density at radius 2 is 2.53 bits per heavy atom. The van der Waals surface area contributed by atoms with Crippen LogP contribution in [0, 0.1) is 5.92 Å². The Hall–Kier alpha value is -1.17. The van der Waals surface area contributed by atoms with Crippen LogP contribution in [0.3, 0.4) is 0 Å². The van der Waals surface area contributed by atoms with E-state index in [2.05, 4.69) is 22.2 Å². The average Bonchev–Trinajstić information content (AvgIpc) is 2.61. The van der Waals surface area contributed by atoms with Gasteiger partial charge < -0.3 is 15.0 Å². The van der Waals surface area contributed by atoms with E-state index in [0.29, 0.717) is 29.7 Å². The average molecular weight is 284 g/mol. The molecule has 1 saturated heterocycles. The van der Waals surface area contributed by atoms with Crippen molar-refractivity contribution in [3.05, 3.63) is 29.0 Å². The Bertz CT molecular complexity index is 442. The highest BCUT2D eigenvalue weighted by Gasteiger charge is 2.18. The first kappa shape index (κ1) is 14.2. The van der Waals surface area contributed by atoms with Gasteiger partial charge >= 0.3 is 0 Å². The van der Waals surface area contributed by atoms with Crippen LogP contribution in [0.4, 0.5) is 0 Å². The lowest BCUT2D eigenvalue weighted by atomic mass is 10.1. The monoisotopic (exact) mass is 283 g/mol. The summed E-state index contributed by atoms with van der Waals surface area (Å²) in [7, 11) is 2.06. The van der Waals surface area contributed by atoms with E-state index in [1.165, 1.54) is 6.20 Å². The summed E-state index contributed by atoms with van der Waals surface area (Å²) in [5.41, 5.74) is 0.458. The highest BCUT2D eigenvalue weighted by molar-refractivity contribution is 6.33. The summed E-state index contributed by atoms with van der Waals surface area (Å²) < 4.78 is 5.51. The number of likely N-dealkylation sites (N-methyl/N-ethyl adjacent to an activating group) is 1. The molecular formula is C13H18ClN3O2. The molecule has 1 N–H and O–H groups in total. The predicted octanol–water partition coefficient (Wildman–Crippen LogP) is 1.04. The standard InChI is InChI=1S/C13H18ClN3O2/c1-17-4-5-19-9-10(8-17)6-16-13(18)11-2-3-15-7-12(11)14/h2-3,7,10H,4-6,8-9H2,1H3,(H,16,18)/t10-/m0/s1. The number of hydrogen-bond acceptors (Lipinski definition) is 4. The lowest BCUT2D eigenvalue weighted by Gasteiger charge is -2.19. The molecule has 1 fully saturated rings. The molecule has 0 saturated carbocycles. The molecule has 19 heavy (non-hydrogen) atoms. The van der Waals surface area contributed by atoms with E-state index >= 15 is 0 Å². The van der Waals surface area contributed by atoms with Crippen molar-refractivity contribution >= 4 is 17.5 Å². The topological polar surface area (TPSA) is 54.5 Å². The number of amides is 1. The van der Waals surface area contributed by atoms with Crippen molar-refractivity contribution in [3.63, 3.8) is 0 Å². The minimum absolute atomic E-state index is 0.167. The van der Waals surface area contributed by atoms with E-state index in [1.54, 1.807) is 12.3 Å². The lowest BCUT2D eigenvalue weighted by Crippen LogP contribution is -2.36. The van der Waals surface area contributed by atoms with E-state index in [1.807, 2.05) is 0 Å². The third kappa shape index (κ3) is 4.16. The van der Waals surface area contributed by atoms with Gasteiger partial charge in [0.1, 0.15) is 0 Å². The number of nitrogens with zero attached hydrogens (tertiary/aromatic N) is 2. The maximum Gasteiger partial charge on any atom is 0.252 e. The molecular weight excluding hydrogens is 266 g/mol. The molecule has 0 unspecified atom stereocenters. The molecule has 2 heterocycles. The van der Waals surface area contributed by atoms with Crippen LogP contribution in [0.2, 0.25) is 5.02 Å². The number of carbonyl (C=O) groups is 1. The molecule has 0 spiro atoms. The van der Waals surface area contributed by atoms with Gasteiger partial charge in [-0.25, -0.2) is 0 Å². The first-order chi connectivity index (χ1) is 9.16. The van der Waals surface area contributed by atoms with Gasteiger partial charge in [-0.3, -0.25) is 9.78 Å². The maximum absolute atomic E-state index is 12.0. The van der Waals surface area contributed by atoms with Crippen molar-refractivity contribution in [3.8, 4) is 0 Å². The molecule has 1 aromatic rings. The molecule has 1 amide bonds. The lowest BCUT2D eigenvalue weighted by molar-refractivity contribution is 0.0921. The van der Waals surface area contributed by atoms with E-state index in [0.717, 1.165) is 19.7 Å². The number of nitrogens with one attached hydrogen (secondary N) is 1. The smallest absolute Gasteiger partial charge is 0.252 e. The van der Waals surface area contributed by atoms with Gasteiger partial charge in [-0.2, -0.15) is 0 Å². The summed E-state index contributed by atoms with van der Waals surface area (Å²) in [5, 5.41) is 3.27. The first-order valence-electron chi connectivity index (χ1n) is 6.31. The molecule has 0 radical (unpaired) electrons. The third-order valence-corrected chi connectivity index (χ3v) is 3.41. The van der Waals surface area contributed by atoms with Crippen LogP contribution < -0.4 is 5.32 Å². The normalized spacial score (nSPS) is 20.8. The second-order valence-corrected chi connectivity index (χ2v) is 5.18. The van der Waals surface area contributed by atoms with Gasteiger partial charge in [0, 0.05) is 37.9 Å². The van der Waals surface area contributed by atoms with Crippen LogP contribution in [-0.4, -0.2) is 55.7 Å². The molecule has 0 aromatic carbocycles. The molecule has 5 nitrogen and oxygen atoms in total. The molecule has 6 heteroatoms. The van der Waals surface area contributed by atoms with E-state index in [-0.39, 0.29) is 5.91 Å². The molecule has 1 aliphatic rings. The van der Waals surface area contributed by atoms with Gasteiger partial charge in [-0.15, -0.1) is 0 Å². The third-order valence-electron chi connectivity index (χ3n) is 3.11. The van der Waals surface area contributed by atoms with E-state index in [4.69, 9.17) is 16.3 Å². The van der Waals surface area contributed by atoms with Crippen LogP contribution in [0.15, 0.2) is 18.5 Å². The zero-order valence-corrected chi connectivity index (χ0v) is 11.7. The van der Waals surface area contributed by atoms with Gasteiger partial charge in [0.05, 0.1) is 23.8 Å². The number of rotatable bonds is 3. The number of halogens is 1. The molecule has 1 aliphatic heterocycles. The van der Waals surface area contributed by atoms with E-state index < -0.39 is 0 Å². The Morgan fingerprint density at radius 3 is 3.32 bits per heavy atom. The Morgan fingerprint density at radius 1 is 1.68 bits per heavy atom. The molecule has 0 aliphatic carbocycles. The van der Waals surface area contributed by atoms with Crippen molar-refractivity contribution < 1.29 is 9.53 Å². The summed E-state index contributed by atoms with van der Waals surface area (Å²) in [6, 6.07) is 1.62. The summed E-state index contributed by atoms with van der Waals surface area (Å²) in [5.74, 6) is 0.136. The van der Waals surface area contributed by atoms with Crippen LogP contribution >= 0.6 is 11.6 Å². The second kappa shape index (κ2) is 6.84. The molecule has 1 atom stereocenters. The van der Waals surface area contributed by atoms with Crippen molar-refractivity contribution in [1.82, 2.24) is 15.2 Å². The van der Waals surface area contributed by atoms with Crippen molar-refractivity contribution in [1.29, 1.82) is 0 Å². The molecule has 0 bridgehead atoms. The Balaban J connectivity index is 1.88. The van der Waals surface area contributed by atoms with Crippen LogP contribution in [0.1, 0.15) is 10.4 Å². The summed E-state index contributed by atoms with van der Waals surface area (Å²) in [6.45, 7) is 3.86. The van der Waals surface area contributed by atoms with Gasteiger partial charge in [-0.1, -0.05) is 11.6 Å². The summed E-state index contributed by atoms with van der Waals surface area (Å²) in [4.78, 5) is 18.1. The minimum atomic E-state index is -0.167. The molecule has 2 rings (SSSR count). The second-order valence-electron chi connectivity index (χ2n) is 4.77. The van der Waals surface area contributed by atoms with Crippen LogP contribution in [0.25, 0.3) is 0 Å². The maximum atomic E-state index is 12.0. The van der Waals surface area contributed by atoms with E-state index in [9.17, 15) is 4.79 Å².